The van der Waals surface area contributed by atoms with Gasteiger partial charge in [-0.15, -0.1) is 12.4 Å². The summed E-state index contributed by atoms with van der Waals surface area (Å²) in [7, 11) is -2.39. The van der Waals surface area contributed by atoms with Gasteiger partial charge in [-0.05, 0) is 35.9 Å². The summed E-state index contributed by atoms with van der Waals surface area (Å²) in [5.41, 5.74) is 0.922. The van der Waals surface area contributed by atoms with E-state index >= 15 is 0 Å². The first-order chi connectivity index (χ1) is 8.91. The van der Waals surface area contributed by atoms with Crippen LogP contribution in [0.4, 0.5) is 4.39 Å². The maximum Gasteiger partial charge on any atom is 0.238 e. The van der Waals surface area contributed by atoms with Gasteiger partial charge in [-0.3, -0.25) is 0 Å². The molecule has 0 fully saturated rings. The van der Waals surface area contributed by atoms with Gasteiger partial charge in [-0.25, -0.2) is 17.9 Å². The normalized spacial score (nSPS) is 10.8. The van der Waals surface area contributed by atoms with Crippen LogP contribution in [0.15, 0.2) is 47.4 Å². The summed E-state index contributed by atoms with van der Waals surface area (Å²) in [6.45, 7) is 0. The minimum atomic E-state index is -3.87. The molecule has 0 amide bonds. The summed E-state index contributed by atoms with van der Waals surface area (Å²) >= 11 is 0. The number of hydrogen-bond donors (Lipinski definition) is 1. The van der Waals surface area contributed by atoms with Crippen LogP contribution in [0.1, 0.15) is 0 Å². The molecule has 2 N–H and O–H groups in total. The molecule has 20 heavy (non-hydrogen) atoms. The van der Waals surface area contributed by atoms with E-state index in [9.17, 15) is 12.8 Å². The molecule has 2 rings (SSSR count). The highest BCUT2D eigenvalue weighted by Crippen LogP contribution is 2.30. The van der Waals surface area contributed by atoms with E-state index in [0.29, 0.717) is 16.9 Å². The van der Waals surface area contributed by atoms with E-state index < -0.39 is 15.8 Å². The summed E-state index contributed by atoms with van der Waals surface area (Å²) in [5.74, 6) is 0.0931. The molecule has 0 unspecified atom stereocenters. The van der Waals surface area contributed by atoms with Crippen molar-refractivity contribution in [2.24, 2.45) is 5.14 Å². The lowest BCUT2D eigenvalue weighted by Crippen LogP contribution is -2.13. The Bertz CT molecular complexity index is 702. The zero-order chi connectivity index (χ0) is 14.0. The van der Waals surface area contributed by atoms with Crippen LogP contribution in [0.5, 0.6) is 5.75 Å². The third-order valence-corrected chi connectivity index (χ3v) is 3.62. The zero-order valence-corrected chi connectivity index (χ0v) is 12.2. The van der Waals surface area contributed by atoms with Gasteiger partial charge in [0, 0.05) is 5.56 Å². The second-order valence-electron chi connectivity index (χ2n) is 3.91. The maximum absolute atomic E-state index is 12.9. The third kappa shape index (κ3) is 3.47. The number of rotatable bonds is 3. The average molecular weight is 318 g/mol. The van der Waals surface area contributed by atoms with Gasteiger partial charge in [0.2, 0.25) is 10.0 Å². The lowest BCUT2D eigenvalue weighted by molar-refractivity contribution is 0.414. The quantitative estimate of drug-likeness (QED) is 0.946. The summed E-state index contributed by atoms with van der Waals surface area (Å²) in [4.78, 5) is -0.0279. The van der Waals surface area contributed by atoms with Crippen molar-refractivity contribution < 1.29 is 17.5 Å². The second kappa shape index (κ2) is 6.21. The first-order valence-corrected chi connectivity index (χ1v) is 6.93. The van der Waals surface area contributed by atoms with Crippen LogP contribution < -0.4 is 9.88 Å². The molecule has 0 aliphatic rings. The molecular weight excluding hydrogens is 305 g/mol. The summed E-state index contributed by atoms with van der Waals surface area (Å²) in [6, 6.07) is 9.90. The molecule has 0 atom stereocenters. The van der Waals surface area contributed by atoms with Crippen LogP contribution in [0, 0.1) is 5.82 Å². The highest BCUT2D eigenvalue weighted by Gasteiger charge is 2.16. The molecule has 0 aromatic heterocycles. The van der Waals surface area contributed by atoms with Crippen LogP contribution >= 0.6 is 12.4 Å². The number of benzene rings is 2. The number of methoxy groups -OCH3 is 1. The monoisotopic (exact) mass is 317 g/mol. The molecule has 0 aliphatic carbocycles. The lowest BCUT2D eigenvalue weighted by atomic mass is 10.1. The molecule has 2 aromatic carbocycles. The smallest absolute Gasteiger partial charge is 0.238 e. The molecule has 0 spiro atoms. The minimum Gasteiger partial charge on any atom is -0.497 e. The predicted molar refractivity (Wildman–Crippen MR) is 77.0 cm³/mol. The topological polar surface area (TPSA) is 69.4 Å². The van der Waals surface area contributed by atoms with E-state index in [1.807, 2.05) is 0 Å². The van der Waals surface area contributed by atoms with E-state index in [1.54, 1.807) is 6.07 Å². The minimum absolute atomic E-state index is 0. The molecule has 4 nitrogen and oxygen atoms in total. The lowest BCUT2D eigenvalue weighted by Gasteiger charge is -2.10. The van der Waals surface area contributed by atoms with Crippen molar-refractivity contribution in [3.63, 3.8) is 0 Å². The van der Waals surface area contributed by atoms with Gasteiger partial charge >= 0.3 is 0 Å². The van der Waals surface area contributed by atoms with Crippen LogP contribution in [-0.4, -0.2) is 15.5 Å². The Balaban J connectivity index is 0.00000200. The van der Waals surface area contributed by atoms with Crippen LogP contribution in [0.2, 0.25) is 0 Å². The van der Waals surface area contributed by atoms with Gasteiger partial charge in [0.1, 0.15) is 11.6 Å². The van der Waals surface area contributed by atoms with E-state index in [1.165, 1.54) is 43.5 Å². The third-order valence-electron chi connectivity index (χ3n) is 2.65. The number of hydrogen-bond acceptors (Lipinski definition) is 3. The van der Waals surface area contributed by atoms with Gasteiger partial charge < -0.3 is 4.74 Å². The molecule has 0 heterocycles. The number of primary sulfonamides is 1. The van der Waals surface area contributed by atoms with Crippen molar-refractivity contribution >= 4 is 22.4 Å². The van der Waals surface area contributed by atoms with Gasteiger partial charge in [-0.2, -0.15) is 0 Å². The number of ether oxygens (including phenoxy) is 1. The fourth-order valence-electron chi connectivity index (χ4n) is 1.74. The molecule has 2 aromatic rings. The molecule has 0 bridgehead atoms. The second-order valence-corrected chi connectivity index (χ2v) is 5.44. The molecule has 0 aliphatic heterocycles. The van der Waals surface area contributed by atoms with E-state index in [0.717, 1.165) is 0 Å². The molecule has 0 saturated heterocycles. The number of halogens is 2. The maximum atomic E-state index is 12.9. The van der Waals surface area contributed by atoms with Crippen molar-refractivity contribution in [3.8, 4) is 16.9 Å². The molecular formula is C13H13ClFNO3S. The Morgan fingerprint density at radius 2 is 1.70 bits per heavy atom. The summed E-state index contributed by atoms with van der Waals surface area (Å²) in [5, 5.41) is 5.17. The van der Waals surface area contributed by atoms with Gasteiger partial charge in [0.25, 0.3) is 0 Å². The number of sulfonamides is 1. The van der Waals surface area contributed by atoms with Crippen LogP contribution in [0.3, 0.4) is 0 Å². The highest BCUT2D eigenvalue weighted by atomic mass is 35.5. The van der Waals surface area contributed by atoms with E-state index in [-0.39, 0.29) is 17.3 Å². The molecule has 0 radical (unpaired) electrons. The average Bonchev–Trinajstić information content (AvgIpc) is 2.38. The molecule has 108 valence electrons. The Morgan fingerprint density at radius 3 is 2.20 bits per heavy atom. The van der Waals surface area contributed by atoms with Crippen molar-refractivity contribution in [2.45, 2.75) is 4.90 Å². The largest absolute Gasteiger partial charge is 0.497 e. The SMILES string of the molecule is COc1ccc(S(N)(=O)=O)c(-c2ccc(F)cc2)c1.Cl. The van der Waals surface area contributed by atoms with Crippen molar-refractivity contribution in [1.29, 1.82) is 0 Å². The Hall–Kier alpha value is -1.63. The molecule has 7 heteroatoms. The molecule has 0 saturated carbocycles. The van der Waals surface area contributed by atoms with E-state index in [2.05, 4.69) is 0 Å². The van der Waals surface area contributed by atoms with Gasteiger partial charge in [0.15, 0.2) is 0 Å². The van der Waals surface area contributed by atoms with Crippen LogP contribution in [0.25, 0.3) is 11.1 Å². The van der Waals surface area contributed by atoms with Crippen molar-refractivity contribution in [3.05, 3.63) is 48.3 Å². The Morgan fingerprint density at radius 1 is 1.10 bits per heavy atom. The van der Waals surface area contributed by atoms with Gasteiger partial charge in [0.05, 0.1) is 12.0 Å². The van der Waals surface area contributed by atoms with Gasteiger partial charge in [-0.1, -0.05) is 12.1 Å². The first-order valence-electron chi connectivity index (χ1n) is 5.38. The summed E-state index contributed by atoms with van der Waals surface area (Å²) in [6.07, 6.45) is 0. The van der Waals surface area contributed by atoms with E-state index in [4.69, 9.17) is 9.88 Å². The first kappa shape index (κ1) is 16.4. The highest BCUT2D eigenvalue weighted by molar-refractivity contribution is 7.89. The van der Waals surface area contributed by atoms with Crippen molar-refractivity contribution in [2.75, 3.05) is 7.11 Å². The fourth-order valence-corrected chi connectivity index (χ4v) is 2.48. The van der Waals surface area contributed by atoms with Crippen molar-refractivity contribution in [1.82, 2.24) is 0 Å². The van der Waals surface area contributed by atoms with Crippen LogP contribution in [-0.2, 0) is 10.0 Å². The fraction of sp³-hybridized carbons (Fsp3) is 0.0769. The summed E-state index contributed by atoms with van der Waals surface area (Å²) < 4.78 is 41.1. The zero-order valence-electron chi connectivity index (χ0n) is 10.5. The standard InChI is InChI=1S/C13H12FNO3S.ClH/c1-18-11-6-7-13(19(15,16)17)12(8-11)9-2-4-10(14)5-3-9;/h2-8H,1H3,(H2,15,16,17);1H. The predicted octanol–water partition coefficient (Wildman–Crippen LogP) is 2.57. The Labute approximate surface area is 122 Å². The Kier molecular flexibility index (Phi) is 5.10. The number of nitrogens with two attached hydrogens (primary N) is 1.